The molecule has 1 N–H and O–H groups in total. The lowest BCUT2D eigenvalue weighted by molar-refractivity contribution is -0.130. The molecule has 1 atom stereocenters. The van der Waals surface area contributed by atoms with Gasteiger partial charge in [0.05, 0.1) is 5.41 Å². The van der Waals surface area contributed by atoms with E-state index >= 15 is 0 Å². The van der Waals surface area contributed by atoms with Gasteiger partial charge in [0.25, 0.3) is 0 Å². The van der Waals surface area contributed by atoms with E-state index in [4.69, 9.17) is 4.52 Å². The Labute approximate surface area is 156 Å². The second-order valence-corrected chi connectivity index (χ2v) is 6.96. The summed E-state index contributed by atoms with van der Waals surface area (Å²) in [7, 11) is 0. The molecule has 0 bridgehead atoms. The molecule has 1 fully saturated rings. The maximum atomic E-state index is 13.1. The van der Waals surface area contributed by atoms with E-state index in [2.05, 4.69) is 15.5 Å². The predicted molar refractivity (Wildman–Crippen MR) is 98.2 cm³/mol. The van der Waals surface area contributed by atoms with Crippen molar-refractivity contribution >= 4 is 5.91 Å². The third kappa shape index (κ3) is 3.23. The standard InChI is InChI=1S/C21H20FN3O2/c1-14(19-24-18(25-27-19)15-8-10-17(22)11-9-15)23-20(26)21(12-5-13-21)16-6-3-2-4-7-16/h2-4,6-11,14H,5,12-13H2,1H3,(H,23,26). The average molecular weight is 365 g/mol. The molecule has 1 aliphatic carbocycles. The lowest BCUT2D eigenvalue weighted by Crippen LogP contribution is -2.49. The summed E-state index contributed by atoms with van der Waals surface area (Å²) in [5.74, 6) is 0.349. The van der Waals surface area contributed by atoms with E-state index < -0.39 is 11.5 Å². The zero-order valence-electron chi connectivity index (χ0n) is 15.0. The van der Waals surface area contributed by atoms with Crippen LogP contribution in [-0.2, 0) is 10.2 Å². The van der Waals surface area contributed by atoms with E-state index in [1.54, 1.807) is 12.1 Å². The van der Waals surface area contributed by atoms with Crippen molar-refractivity contribution < 1.29 is 13.7 Å². The van der Waals surface area contributed by atoms with E-state index in [0.717, 1.165) is 24.8 Å². The lowest BCUT2D eigenvalue weighted by atomic mass is 9.63. The number of hydrogen-bond donors (Lipinski definition) is 1. The van der Waals surface area contributed by atoms with Crippen molar-refractivity contribution in [3.63, 3.8) is 0 Å². The van der Waals surface area contributed by atoms with Gasteiger partial charge in [-0.15, -0.1) is 0 Å². The molecule has 1 heterocycles. The molecule has 2 aromatic carbocycles. The van der Waals surface area contributed by atoms with Crippen LogP contribution in [0.3, 0.4) is 0 Å². The van der Waals surface area contributed by atoms with Crippen molar-refractivity contribution in [3.8, 4) is 11.4 Å². The van der Waals surface area contributed by atoms with Crippen LogP contribution in [0.5, 0.6) is 0 Å². The monoisotopic (exact) mass is 365 g/mol. The Bertz CT molecular complexity index is 934. The summed E-state index contributed by atoms with van der Waals surface area (Å²) in [5.41, 5.74) is 1.22. The van der Waals surface area contributed by atoms with Gasteiger partial charge in [-0.1, -0.05) is 41.9 Å². The van der Waals surface area contributed by atoms with Crippen molar-refractivity contribution in [1.82, 2.24) is 15.5 Å². The van der Waals surface area contributed by atoms with Crippen LogP contribution in [0.2, 0.25) is 0 Å². The highest BCUT2D eigenvalue weighted by molar-refractivity contribution is 5.89. The van der Waals surface area contributed by atoms with Crippen LogP contribution >= 0.6 is 0 Å². The molecule has 0 aliphatic heterocycles. The van der Waals surface area contributed by atoms with Gasteiger partial charge >= 0.3 is 0 Å². The molecule has 1 saturated carbocycles. The molecule has 1 aliphatic rings. The summed E-state index contributed by atoms with van der Waals surface area (Å²) in [5, 5.41) is 6.96. The fourth-order valence-electron chi connectivity index (χ4n) is 3.46. The van der Waals surface area contributed by atoms with Crippen molar-refractivity contribution in [1.29, 1.82) is 0 Å². The number of amides is 1. The topological polar surface area (TPSA) is 68.0 Å². The van der Waals surface area contributed by atoms with Crippen molar-refractivity contribution in [2.24, 2.45) is 0 Å². The largest absolute Gasteiger partial charge is 0.344 e. The first-order valence-corrected chi connectivity index (χ1v) is 9.04. The molecule has 27 heavy (non-hydrogen) atoms. The van der Waals surface area contributed by atoms with Gasteiger partial charge in [-0.2, -0.15) is 4.98 Å². The van der Waals surface area contributed by atoms with Crippen LogP contribution < -0.4 is 5.32 Å². The lowest BCUT2D eigenvalue weighted by Gasteiger charge is -2.41. The Hall–Kier alpha value is -3.02. The highest BCUT2D eigenvalue weighted by Crippen LogP contribution is 2.44. The second kappa shape index (κ2) is 6.95. The van der Waals surface area contributed by atoms with Gasteiger partial charge < -0.3 is 9.84 Å². The molecular formula is C21H20FN3O2. The first-order valence-electron chi connectivity index (χ1n) is 9.04. The van der Waals surface area contributed by atoms with E-state index in [-0.39, 0.29) is 11.7 Å². The van der Waals surface area contributed by atoms with E-state index in [1.165, 1.54) is 12.1 Å². The number of nitrogens with zero attached hydrogens (tertiary/aromatic N) is 2. The number of carbonyl (C=O) groups excluding carboxylic acids is 1. The van der Waals surface area contributed by atoms with Crippen molar-refractivity contribution in [3.05, 3.63) is 71.9 Å². The molecule has 1 unspecified atom stereocenters. The molecule has 138 valence electrons. The molecule has 3 aromatic rings. The molecule has 1 aromatic heterocycles. The van der Waals surface area contributed by atoms with Crippen LogP contribution in [0.15, 0.2) is 59.1 Å². The summed E-state index contributed by atoms with van der Waals surface area (Å²) in [4.78, 5) is 17.3. The number of carbonyl (C=O) groups is 1. The number of nitrogens with one attached hydrogen (secondary N) is 1. The SMILES string of the molecule is CC(NC(=O)C1(c2ccccc2)CCC1)c1nc(-c2ccc(F)cc2)no1. The molecule has 0 spiro atoms. The zero-order chi connectivity index (χ0) is 18.9. The van der Waals surface area contributed by atoms with Gasteiger partial charge in [-0.25, -0.2) is 4.39 Å². The highest BCUT2D eigenvalue weighted by Gasteiger charge is 2.46. The minimum atomic E-state index is -0.477. The molecule has 4 rings (SSSR count). The third-order valence-electron chi connectivity index (χ3n) is 5.23. The summed E-state index contributed by atoms with van der Waals surface area (Å²) in [6.45, 7) is 1.82. The second-order valence-electron chi connectivity index (χ2n) is 6.96. The number of halogens is 1. The van der Waals surface area contributed by atoms with Gasteiger partial charge in [0, 0.05) is 5.56 Å². The maximum Gasteiger partial charge on any atom is 0.249 e. The van der Waals surface area contributed by atoms with E-state index in [9.17, 15) is 9.18 Å². The van der Waals surface area contributed by atoms with Gasteiger partial charge in [0.1, 0.15) is 11.9 Å². The average Bonchev–Trinajstić information content (AvgIpc) is 3.12. The number of benzene rings is 2. The Kier molecular flexibility index (Phi) is 4.48. The number of aromatic nitrogens is 2. The first kappa shape index (κ1) is 17.4. The Morgan fingerprint density at radius 3 is 2.48 bits per heavy atom. The smallest absolute Gasteiger partial charge is 0.249 e. The molecule has 0 radical (unpaired) electrons. The Balaban J connectivity index is 1.50. The number of rotatable bonds is 5. The molecule has 1 amide bonds. The van der Waals surface area contributed by atoms with E-state index in [0.29, 0.717) is 17.3 Å². The fourth-order valence-corrected chi connectivity index (χ4v) is 3.46. The molecule has 6 heteroatoms. The van der Waals surface area contributed by atoms with Crippen LogP contribution in [0.1, 0.15) is 43.7 Å². The Morgan fingerprint density at radius 2 is 1.85 bits per heavy atom. The molecule has 5 nitrogen and oxygen atoms in total. The quantitative estimate of drug-likeness (QED) is 0.737. The van der Waals surface area contributed by atoms with Crippen molar-refractivity contribution in [2.75, 3.05) is 0 Å². The van der Waals surface area contributed by atoms with Crippen LogP contribution in [-0.4, -0.2) is 16.0 Å². The fraction of sp³-hybridized carbons (Fsp3) is 0.286. The predicted octanol–water partition coefficient (Wildman–Crippen LogP) is 4.17. The van der Waals surface area contributed by atoms with Gasteiger partial charge in [0.2, 0.25) is 17.6 Å². The summed E-state index contributed by atoms with van der Waals surface area (Å²) in [6.07, 6.45) is 2.70. The Morgan fingerprint density at radius 1 is 1.15 bits per heavy atom. The van der Waals surface area contributed by atoms with Crippen LogP contribution in [0.4, 0.5) is 4.39 Å². The molecular weight excluding hydrogens is 345 g/mol. The summed E-state index contributed by atoms with van der Waals surface area (Å²) in [6, 6.07) is 15.3. The van der Waals surface area contributed by atoms with E-state index in [1.807, 2.05) is 37.3 Å². The maximum absolute atomic E-state index is 13.1. The van der Waals surface area contributed by atoms with Gasteiger partial charge in [-0.05, 0) is 49.6 Å². The van der Waals surface area contributed by atoms with Crippen molar-refractivity contribution in [2.45, 2.75) is 37.6 Å². The van der Waals surface area contributed by atoms with Gasteiger partial charge in [0.15, 0.2) is 0 Å². The minimum absolute atomic E-state index is 0.0195. The minimum Gasteiger partial charge on any atom is -0.344 e. The van der Waals surface area contributed by atoms with Crippen LogP contribution in [0.25, 0.3) is 11.4 Å². The van der Waals surface area contributed by atoms with Crippen LogP contribution in [0, 0.1) is 5.82 Å². The highest BCUT2D eigenvalue weighted by atomic mass is 19.1. The normalized spacial score (nSPS) is 16.4. The summed E-state index contributed by atoms with van der Waals surface area (Å²) >= 11 is 0. The number of hydrogen-bond acceptors (Lipinski definition) is 4. The first-order chi connectivity index (χ1) is 13.1. The third-order valence-corrected chi connectivity index (χ3v) is 5.23. The molecule has 0 saturated heterocycles. The van der Waals surface area contributed by atoms with Gasteiger partial charge in [-0.3, -0.25) is 4.79 Å². The zero-order valence-corrected chi connectivity index (χ0v) is 15.0. The summed E-state index contributed by atoms with van der Waals surface area (Å²) < 4.78 is 18.4.